The Balaban J connectivity index is 1.34. The SMILES string of the molecule is O=C(NC1CCC(CN2C(=O)C(O)(c3ccccc3F)c3ccc(C(F)(F)F)cc32)CC1)c1cc(Cl)cnc1C(F)F. The zero-order chi connectivity index (χ0) is 30.4. The van der Waals surface area contributed by atoms with E-state index in [2.05, 4.69) is 10.3 Å². The van der Waals surface area contributed by atoms with E-state index in [0.29, 0.717) is 25.7 Å². The molecule has 5 rings (SSSR count). The minimum Gasteiger partial charge on any atom is -0.372 e. The van der Waals surface area contributed by atoms with Gasteiger partial charge in [0.15, 0.2) is 5.60 Å². The normalized spacial score (nSPS) is 22.4. The van der Waals surface area contributed by atoms with Crippen molar-refractivity contribution in [1.82, 2.24) is 10.3 Å². The van der Waals surface area contributed by atoms with Gasteiger partial charge in [0, 0.05) is 29.9 Å². The first-order chi connectivity index (χ1) is 19.8. The molecule has 42 heavy (non-hydrogen) atoms. The fraction of sp³-hybridized carbons (Fsp3) is 0.345. The molecule has 0 bridgehead atoms. The van der Waals surface area contributed by atoms with Gasteiger partial charge in [-0.3, -0.25) is 14.6 Å². The molecule has 3 aromatic rings. The fourth-order valence-corrected chi connectivity index (χ4v) is 5.83. The Morgan fingerprint density at radius 3 is 2.43 bits per heavy atom. The van der Waals surface area contributed by atoms with E-state index in [0.717, 1.165) is 41.4 Å². The van der Waals surface area contributed by atoms with Crippen LogP contribution in [0.15, 0.2) is 54.7 Å². The van der Waals surface area contributed by atoms with Crippen LogP contribution in [-0.2, 0) is 16.6 Å². The summed E-state index contributed by atoms with van der Waals surface area (Å²) in [5.74, 6) is -2.86. The van der Waals surface area contributed by atoms with Crippen LogP contribution in [0.5, 0.6) is 0 Å². The van der Waals surface area contributed by atoms with E-state index < -0.39 is 53.1 Å². The third kappa shape index (κ3) is 5.45. The lowest BCUT2D eigenvalue weighted by molar-refractivity contribution is -0.137. The van der Waals surface area contributed by atoms with Crippen molar-refractivity contribution < 1.29 is 41.0 Å². The topological polar surface area (TPSA) is 82.5 Å². The van der Waals surface area contributed by atoms with E-state index >= 15 is 0 Å². The number of amides is 2. The van der Waals surface area contributed by atoms with E-state index in [9.17, 15) is 41.0 Å². The first kappa shape index (κ1) is 29.8. The van der Waals surface area contributed by atoms with E-state index in [4.69, 9.17) is 11.6 Å². The molecule has 2 aromatic carbocycles. The molecule has 1 unspecified atom stereocenters. The number of alkyl halides is 5. The first-order valence-corrected chi connectivity index (χ1v) is 13.4. The quantitative estimate of drug-likeness (QED) is 0.316. The Bertz CT molecular complexity index is 1530. The molecule has 0 radical (unpaired) electrons. The van der Waals surface area contributed by atoms with Gasteiger partial charge in [-0.1, -0.05) is 35.9 Å². The Hall–Kier alpha value is -3.64. The molecule has 6 nitrogen and oxygen atoms in total. The molecule has 1 aliphatic heterocycles. The number of carbonyl (C=O) groups is 2. The Morgan fingerprint density at radius 2 is 1.79 bits per heavy atom. The molecule has 0 spiro atoms. The standard InChI is InChI=1S/C29H24ClF6N3O3/c30-17-12-19(24(25(32)33)37-13-17)26(40)38-18-8-5-15(6-9-18)14-39-23-11-16(29(34,35)36)7-10-21(23)28(42,27(39)41)20-3-1-2-4-22(20)31/h1-4,7,10-13,15,18,25,42H,5-6,8-9,14H2,(H,38,40). The Morgan fingerprint density at radius 1 is 1.10 bits per heavy atom. The number of hydrogen-bond donors (Lipinski definition) is 2. The highest BCUT2D eigenvalue weighted by atomic mass is 35.5. The number of pyridine rings is 1. The highest BCUT2D eigenvalue weighted by Gasteiger charge is 2.53. The summed E-state index contributed by atoms with van der Waals surface area (Å²) in [5, 5.41) is 14.3. The number of aliphatic hydroxyl groups is 1. The van der Waals surface area contributed by atoms with Crippen molar-refractivity contribution in [1.29, 1.82) is 0 Å². The number of fused-ring (bicyclic) bond motifs is 1. The summed E-state index contributed by atoms with van der Waals surface area (Å²) in [4.78, 5) is 31.0. The van der Waals surface area contributed by atoms with Gasteiger partial charge in [-0.05, 0) is 55.9 Å². The predicted molar refractivity (Wildman–Crippen MR) is 141 cm³/mol. The van der Waals surface area contributed by atoms with Gasteiger partial charge in [-0.2, -0.15) is 13.2 Å². The molecule has 1 aromatic heterocycles. The zero-order valence-corrected chi connectivity index (χ0v) is 22.5. The van der Waals surface area contributed by atoms with Crippen LogP contribution in [0.3, 0.4) is 0 Å². The summed E-state index contributed by atoms with van der Waals surface area (Å²) in [5.41, 5.74) is -5.28. The molecule has 0 saturated heterocycles. The van der Waals surface area contributed by atoms with Crippen molar-refractivity contribution >= 4 is 29.1 Å². The molecule has 222 valence electrons. The van der Waals surface area contributed by atoms with Crippen LogP contribution in [-0.4, -0.2) is 34.5 Å². The van der Waals surface area contributed by atoms with Crippen LogP contribution in [0.1, 0.15) is 64.9 Å². The summed E-state index contributed by atoms with van der Waals surface area (Å²) < 4.78 is 82.1. The van der Waals surface area contributed by atoms with Crippen LogP contribution in [0, 0.1) is 11.7 Å². The average molecular weight is 612 g/mol. The van der Waals surface area contributed by atoms with Crippen molar-refractivity contribution in [2.75, 3.05) is 11.4 Å². The summed E-state index contributed by atoms with van der Waals surface area (Å²) >= 11 is 5.84. The average Bonchev–Trinajstić information content (AvgIpc) is 3.15. The Kier molecular flexibility index (Phi) is 7.97. The lowest BCUT2D eigenvalue weighted by Crippen LogP contribution is -2.45. The van der Waals surface area contributed by atoms with Crippen LogP contribution in [0.4, 0.5) is 32.0 Å². The van der Waals surface area contributed by atoms with Crippen molar-refractivity contribution in [3.63, 3.8) is 0 Å². The fourth-order valence-electron chi connectivity index (χ4n) is 5.67. The second-order valence-corrected chi connectivity index (χ2v) is 10.9. The van der Waals surface area contributed by atoms with Crippen molar-refractivity contribution in [2.45, 2.75) is 49.9 Å². The minimum absolute atomic E-state index is 0.0212. The minimum atomic E-state index is -4.72. The number of benzene rings is 2. The first-order valence-electron chi connectivity index (χ1n) is 13.1. The number of nitrogens with zero attached hydrogens (tertiary/aromatic N) is 2. The van der Waals surface area contributed by atoms with Gasteiger partial charge in [0.1, 0.15) is 11.5 Å². The van der Waals surface area contributed by atoms with Crippen LogP contribution < -0.4 is 10.2 Å². The molecule has 1 fully saturated rings. The van der Waals surface area contributed by atoms with E-state index in [-0.39, 0.29) is 39.9 Å². The van der Waals surface area contributed by atoms with Crippen LogP contribution in [0.25, 0.3) is 0 Å². The number of hydrogen-bond acceptors (Lipinski definition) is 4. The molecule has 2 aliphatic rings. The van der Waals surface area contributed by atoms with Crippen molar-refractivity contribution in [2.24, 2.45) is 5.92 Å². The number of aromatic nitrogens is 1. The molecule has 2 amide bonds. The number of anilines is 1. The van der Waals surface area contributed by atoms with Gasteiger partial charge >= 0.3 is 6.18 Å². The summed E-state index contributed by atoms with van der Waals surface area (Å²) in [6.07, 6.45) is -5.05. The number of halogens is 7. The molecule has 1 aliphatic carbocycles. The highest BCUT2D eigenvalue weighted by Crippen LogP contribution is 2.48. The Labute approximate surface area is 241 Å². The molecule has 13 heteroatoms. The third-order valence-corrected chi connectivity index (χ3v) is 7.99. The number of carbonyl (C=O) groups excluding carboxylic acids is 2. The molecule has 2 N–H and O–H groups in total. The smallest absolute Gasteiger partial charge is 0.372 e. The van der Waals surface area contributed by atoms with Crippen LogP contribution >= 0.6 is 11.6 Å². The van der Waals surface area contributed by atoms with Gasteiger partial charge in [0.25, 0.3) is 18.2 Å². The summed E-state index contributed by atoms with van der Waals surface area (Å²) in [6, 6.07) is 8.25. The monoisotopic (exact) mass is 611 g/mol. The summed E-state index contributed by atoms with van der Waals surface area (Å²) in [6.45, 7) is -0.0572. The van der Waals surface area contributed by atoms with Gasteiger partial charge < -0.3 is 15.3 Å². The van der Waals surface area contributed by atoms with Gasteiger partial charge in [0.05, 0.1) is 21.8 Å². The van der Waals surface area contributed by atoms with E-state index in [1.807, 2.05) is 0 Å². The number of rotatable bonds is 6. The maximum Gasteiger partial charge on any atom is 0.416 e. The lowest BCUT2D eigenvalue weighted by Gasteiger charge is -2.32. The second kappa shape index (κ2) is 11.2. The van der Waals surface area contributed by atoms with E-state index in [1.54, 1.807) is 0 Å². The molecular weight excluding hydrogens is 588 g/mol. The van der Waals surface area contributed by atoms with Gasteiger partial charge in [-0.15, -0.1) is 0 Å². The van der Waals surface area contributed by atoms with Gasteiger partial charge in [-0.25, -0.2) is 13.2 Å². The molecule has 2 heterocycles. The molecular formula is C29H24ClF6N3O3. The highest BCUT2D eigenvalue weighted by molar-refractivity contribution is 6.30. The number of nitrogens with one attached hydrogen (secondary N) is 1. The van der Waals surface area contributed by atoms with Crippen molar-refractivity contribution in [3.05, 3.63) is 93.5 Å². The van der Waals surface area contributed by atoms with Crippen LogP contribution in [0.2, 0.25) is 5.02 Å². The third-order valence-electron chi connectivity index (χ3n) is 7.78. The lowest BCUT2D eigenvalue weighted by atomic mass is 9.85. The largest absolute Gasteiger partial charge is 0.416 e. The second-order valence-electron chi connectivity index (χ2n) is 10.4. The maximum atomic E-state index is 14.8. The predicted octanol–water partition coefficient (Wildman–Crippen LogP) is 6.40. The van der Waals surface area contributed by atoms with E-state index in [1.165, 1.54) is 18.2 Å². The molecule has 1 atom stereocenters. The van der Waals surface area contributed by atoms with Crippen molar-refractivity contribution in [3.8, 4) is 0 Å². The zero-order valence-electron chi connectivity index (χ0n) is 21.8. The maximum absolute atomic E-state index is 14.8. The molecule has 1 saturated carbocycles. The summed E-state index contributed by atoms with van der Waals surface area (Å²) in [7, 11) is 0. The van der Waals surface area contributed by atoms with Gasteiger partial charge in [0.2, 0.25) is 0 Å².